The topological polar surface area (TPSA) is 135 Å². The first-order chi connectivity index (χ1) is 31.9. The van der Waals surface area contributed by atoms with Gasteiger partial charge in [-0.15, -0.1) is 0 Å². The maximum Gasteiger partial charge on any atom is 0.305 e. The van der Waals surface area contributed by atoms with Crippen LogP contribution >= 0.6 is 0 Å². The van der Waals surface area contributed by atoms with Gasteiger partial charge in [-0.05, 0) is 89.9 Å². The minimum Gasteiger partial charge on any atom is -0.481 e. The summed E-state index contributed by atoms with van der Waals surface area (Å²) in [7, 11) is 1.40. The van der Waals surface area contributed by atoms with Crippen LogP contribution in [0, 0.1) is 0 Å². The molecule has 65 heavy (non-hydrogen) atoms. The highest BCUT2D eigenvalue weighted by molar-refractivity contribution is 5.81. The van der Waals surface area contributed by atoms with Gasteiger partial charge in [0.15, 0.2) is 11.6 Å². The molecule has 0 atom stereocenters. The van der Waals surface area contributed by atoms with E-state index in [1.807, 2.05) is 0 Å². The normalized spacial score (nSPS) is 11.4. The fourth-order valence-corrected chi connectivity index (χ4v) is 7.14. The molecule has 1 N–H and O–H groups in total. The molecular formula is C55H102O10. The van der Waals surface area contributed by atoms with E-state index < -0.39 is 5.97 Å². The second-order valence-corrected chi connectivity index (χ2v) is 17.8. The summed E-state index contributed by atoms with van der Waals surface area (Å²) in [4.78, 5) is 44.7. The van der Waals surface area contributed by atoms with Crippen molar-refractivity contribution < 1.29 is 48.0 Å². The average molecular weight is 923 g/mol. The molecule has 10 heteroatoms. The molecule has 0 heterocycles. The third-order valence-corrected chi connectivity index (χ3v) is 11.2. The number of carbonyl (C=O) groups excluding carboxylic acids is 3. The van der Waals surface area contributed by atoms with Gasteiger partial charge < -0.3 is 28.8 Å². The molecule has 0 aromatic carbocycles. The predicted molar refractivity (Wildman–Crippen MR) is 269 cm³/mol. The summed E-state index contributed by atoms with van der Waals surface area (Å²) in [6, 6.07) is 0. The molecule has 0 aromatic rings. The Morgan fingerprint density at radius 2 is 0.615 bits per heavy atom. The van der Waals surface area contributed by atoms with Crippen molar-refractivity contribution in [3.63, 3.8) is 0 Å². The highest BCUT2D eigenvalue weighted by Gasteiger charge is 2.05. The Kier molecular flexibility index (Phi) is 57.4. The SMILES string of the molecule is CCCCCCCC/C=C\CCCCCCCCOCC(=O)COCCCCCC(=O)O.CCCCCCCC/C=C\CCCCCCCCOCC(=O)COCCCCCC(=O)OC. The number of ketones is 2. The molecule has 0 radical (unpaired) electrons. The van der Waals surface area contributed by atoms with Crippen molar-refractivity contribution in [2.24, 2.45) is 0 Å². The lowest BCUT2D eigenvalue weighted by Crippen LogP contribution is -2.16. The zero-order valence-corrected chi connectivity index (χ0v) is 42.5. The molecule has 0 bridgehead atoms. The molecule has 0 unspecified atom stereocenters. The molecule has 0 aliphatic carbocycles. The number of methoxy groups -OCH3 is 1. The number of ether oxygens (including phenoxy) is 5. The Morgan fingerprint density at radius 1 is 0.354 bits per heavy atom. The molecule has 0 aliphatic rings. The fraction of sp³-hybridized carbons (Fsp3) is 0.855. The van der Waals surface area contributed by atoms with Crippen molar-refractivity contribution in [1.29, 1.82) is 0 Å². The van der Waals surface area contributed by atoms with Crippen LogP contribution in [0.15, 0.2) is 24.3 Å². The van der Waals surface area contributed by atoms with Gasteiger partial charge in [-0.1, -0.05) is 167 Å². The maximum absolute atomic E-state index is 11.7. The van der Waals surface area contributed by atoms with E-state index in [1.165, 1.54) is 168 Å². The number of carboxylic acid groups (broad SMARTS) is 1. The van der Waals surface area contributed by atoms with Crippen molar-refractivity contribution in [1.82, 2.24) is 0 Å². The summed E-state index contributed by atoms with van der Waals surface area (Å²) in [5.41, 5.74) is 0. The first-order valence-corrected chi connectivity index (χ1v) is 26.8. The Balaban J connectivity index is 0. The van der Waals surface area contributed by atoms with E-state index in [0.717, 1.165) is 51.4 Å². The van der Waals surface area contributed by atoms with Crippen LogP contribution in [0.4, 0.5) is 0 Å². The third kappa shape index (κ3) is 61.6. The molecule has 0 saturated carbocycles. The van der Waals surface area contributed by atoms with E-state index in [4.69, 9.17) is 24.1 Å². The lowest BCUT2D eigenvalue weighted by molar-refractivity contribution is -0.141. The minimum atomic E-state index is -0.764. The number of hydrogen-bond acceptors (Lipinski definition) is 9. The van der Waals surface area contributed by atoms with Gasteiger partial charge in [0.2, 0.25) is 0 Å². The van der Waals surface area contributed by atoms with E-state index in [0.29, 0.717) is 39.3 Å². The van der Waals surface area contributed by atoms with Gasteiger partial charge in [-0.2, -0.15) is 0 Å². The van der Waals surface area contributed by atoms with Crippen LogP contribution in [0.1, 0.15) is 245 Å². The van der Waals surface area contributed by atoms with Crippen LogP contribution < -0.4 is 0 Å². The molecule has 0 spiro atoms. The van der Waals surface area contributed by atoms with Crippen LogP contribution in [0.5, 0.6) is 0 Å². The first-order valence-electron chi connectivity index (χ1n) is 26.8. The smallest absolute Gasteiger partial charge is 0.305 e. The van der Waals surface area contributed by atoms with Crippen molar-refractivity contribution in [3.05, 3.63) is 24.3 Å². The van der Waals surface area contributed by atoms with Crippen molar-refractivity contribution in [3.8, 4) is 0 Å². The molecule has 0 fully saturated rings. The Labute approximate surface area is 399 Å². The number of aliphatic carboxylic acids is 1. The van der Waals surface area contributed by atoms with Crippen molar-refractivity contribution >= 4 is 23.5 Å². The Hall–Kier alpha value is -2.40. The predicted octanol–water partition coefficient (Wildman–Crippen LogP) is 14.6. The minimum absolute atomic E-state index is 0.00546. The van der Waals surface area contributed by atoms with E-state index in [2.05, 4.69) is 42.9 Å². The zero-order chi connectivity index (χ0) is 47.8. The number of carbonyl (C=O) groups is 4. The van der Waals surface area contributed by atoms with Gasteiger partial charge in [0.25, 0.3) is 0 Å². The van der Waals surface area contributed by atoms with E-state index in [1.54, 1.807) is 0 Å². The Bertz CT molecular complexity index is 1070. The third-order valence-electron chi connectivity index (χ3n) is 11.2. The van der Waals surface area contributed by atoms with Gasteiger partial charge >= 0.3 is 11.9 Å². The summed E-state index contributed by atoms with van der Waals surface area (Å²) in [5, 5.41) is 8.54. The Morgan fingerprint density at radius 3 is 0.908 bits per heavy atom. The molecule has 0 aliphatic heterocycles. The average Bonchev–Trinajstić information content (AvgIpc) is 3.30. The van der Waals surface area contributed by atoms with E-state index in [-0.39, 0.29) is 50.4 Å². The van der Waals surface area contributed by atoms with Gasteiger partial charge in [-0.3, -0.25) is 19.2 Å². The molecular weight excluding hydrogens is 821 g/mol. The van der Waals surface area contributed by atoms with Crippen LogP contribution in [-0.4, -0.2) is 88.6 Å². The lowest BCUT2D eigenvalue weighted by atomic mass is 10.1. The quantitative estimate of drug-likeness (QED) is 0.0357. The number of esters is 1. The van der Waals surface area contributed by atoms with Crippen LogP contribution in [-0.2, 0) is 42.9 Å². The van der Waals surface area contributed by atoms with E-state index >= 15 is 0 Å². The summed E-state index contributed by atoms with van der Waals surface area (Å²) < 4.78 is 26.2. The fourth-order valence-electron chi connectivity index (χ4n) is 7.14. The summed E-state index contributed by atoms with van der Waals surface area (Å²) in [5.74, 6) is -0.973. The monoisotopic (exact) mass is 923 g/mol. The molecule has 0 amide bonds. The van der Waals surface area contributed by atoms with Crippen LogP contribution in [0.2, 0.25) is 0 Å². The molecule has 382 valence electrons. The van der Waals surface area contributed by atoms with Gasteiger partial charge in [0.05, 0.1) is 7.11 Å². The number of unbranched alkanes of at least 4 members (excludes halogenated alkanes) is 28. The van der Waals surface area contributed by atoms with Crippen molar-refractivity contribution in [2.45, 2.75) is 245 Å². The number of hydrogen-bond donors (Lipinski definition) is 1. The molecule has 0 rings (SSSR count). The summed E-state index contributed by atoms with van der Waals surface area (Å²) in [6.07, 6.45) is 51.0. The second kappa shape index (κ2) is 57.7. The summed E-state index contributed by atoms with van der Waals surface area (Å²) in [6.45, 7) is 7.35. The second-order valence-electron chi connectivity index (χ2n) is 17.8. The number of Topliss-reactive ketones (excluding diaryl/α,β-unsaturated/α-hetero) is 2. The van der Waals surface area contributed by atoms with Crippen molar-refractivity contribution in [2.75, 3.05) is 60.0 Å². The standard InChI is InChI=1S/C28H52O5.C27H50O5/c1-3-4-5-6-7-8-9-10-11-12-13-14-15-16-17-20-23-32-25-27(29)26-33-24-21-18-19-22-28(30)31-2;1-2-3-4-5-6-7-8-9-10-11-12-13-14-15-16-19-22-31-24-26(28)25-32-23-20-17-18-21-27(29)30/h10-11H,3-9,12-26H2,1-2H3;9-10H,2-8,11-25H2,1H3,(H,29,30)/b11-10-;10-9-. The highest BCUT2D eigenvalue weighted by Crippen LogP contribution is 2.12. The first kappa shape index (κ1) is 64.7. The summed E-state index contributed by atoms with van der Waals surface area (Å²) >= 11 is 0. The van der Waals surface area contributed by atoms with Gasteiger partial charge in [0, 0.05) is 39.3 Å². The number of allylic oxidation sites excluding steroid dienone is 4. The van der Waals surface area contributed by atoms with Crippen LogP contribution in [0.25, 0.3) is 0 Å². The maximum atomic E-state index is 11.7. The largest absolute Gasteiger partial charge is 0.481 e. The zero-order valence-electron chi connectivity index (χ0n) is 42.5. The van der Waals surface area contributed by atoms with Gasteiger partial charge in [-0.25, -0.2) is 0 Å². The highest BCUT2D eigenvalue weighted by atomic mass is 16.5. The lowest BCUT2D eigenvalue weighted by Gasteiger charge is -2.05. The number of carboxylic acids is 1. The number of rotatable bonds is 52. The molecule has 0 saturated heterocycles. The molecule has 0 aromatic heterocycles. The van der Waals surface area contributed by atoms with E-state index in [9.17, 15) is 19.2 Å². The van der Waals surface area contributed by atoms with Gasteiger partial charge in [0.1, 0.15) is 26.4 Å². The molecule has 10 nitrogen and oxygen atoms in total. The van der Waals surface area contributed by atoms with Crippen LogP contribution in [0.3, 0.4) is 0 Å².